The summed E-state index contributed by atoms with van der Waals surface area (Å²) in [6.07, 6.45) is 0.314. The lowest BCUT2D eigenvalue weighted by atomic mass is 10.1. The third kappa shape index (κ3) is 6.99. The van der Waals surface area contributed by atoms with E-state index in [1.807, 2.05) is 0 Å². The van der Waals surface area contributed by atoms with E-state index in [1.54, 1.807) is 62.4 Å². The van der Waals surface area contributed by atoms with Gasteiger partial charge in [-0.3, -0.25) is 13.9 Å². The molecule has 11 heteroatoms. The number of rotatable bonds is 11. The number of carbonyl (C=O) groups is 2. The fourth-order valence-corrected chi connectivity index (χ4v) is 5.94. The maximum absolute atomic E-state index is 13.9. The van der Waals surface area contributed by atoms with Crippen molar-refractivity contribution >= 4 is 62.3 Å². The summed E-state index contributed by atoms with van der Waals surface area (Å²) in [6, 6.07) is 18.3. The van der Waals surface area contributed by atoms with Gasteiger partial charge in [0, 0.05) is 18.1 Å². The van der Waals surface area contributed by atoms with Gasteiger partial charge in [0.05, 0.1) is 20.6 Å². The molecule has 202 valence electrons. The van der Waals surface area contributed by atoms with Crippen LogP contribution in [0.25, 0.3) is 0 Å². The first-order chi connectivity index (χ1) is 18.1. The first-order valence-electron chi connectivity index (χ1n) is 11.9. The first-order valence-corrected chi connectivity index (χ1v) is 14.5. The smallest absolute Gasteiger partial charge is 0.264 e. The number of benzene rings is 3. The molecule has 0 aliphatic rings. The lowest BCUT2D eigenvalue weighted by Crippen LogP contribution is -2.52. The fraction of sp³-hybridized carbons (Fsp3) is 0.259. The molecule has 0 heterocycles. The Labute approximate surface area is 238 Å². The van der Waals surface area contributed by atoms with Crippen molar-refractivity contribution in [2.45, 2.75) is 37.8 Å². The van der Waals surface area contributed by atoms with Gasteiger partial charge in [0.2, 0.25) is 11.8 Å². The van der Waals surface area contributed by atoms with Gasteiger partial charge in [0.25, 0.3) is 10.0 Å². The maximum atomic E-state index is 13.9. The van der Waals surface area contributed by atoms with E-state index in [0.29, 0.717) is 18.0 Å². The van der Waals surface area contributed by atoms with Gasteiger partial charge in [-0.05, 0) is 55.3 Å². The summed E-state index contributed by atoms with van der Waals surface area (Å²) >= 11 is 18.7. The summed E-state index contributed by atoms with van der Waals surface area (Å²) in [6.45, 7) is 3.40. The van der Waals surface area contributed by atoms with Crippen molar-refractivity contribution in [1.29, 1.82) is 0 Å². The highest BCUT2D eigenvalue weighted by atomic mass is 35.5. The second kappa shape index (κ2) is 13.3. The average Bonchev–Trinajstić information content (AvgIpc) is 2.90. The summed E-state index contributed by atoms with van der Waals surface area (Å²) in [5.74, 6) is -0.927. The van der Waals surface area contributed by atoms with Crippen molar-refractivity contribution in [3.05, 3.63) is 93.4 Å². The van der Waals surface area contributed by atoms with Gasteiger partial charge in [-0.25, -0.2) is 8.42 Å². The Bertz CT molecular complexity index is 1370. The van der Waals surface area contributed by atoms with Gasteiger partial charge in [-0.1, -0.05) is 78.1 Å². The van der Waals surface area contributed by atoms with Crippen LogP contribution < -0.4 is 9.62 Å². The lowest BCUT2D eigenvalue weighted by Gasteiger charge is -2.33. The predicted molar refractivity (Wildman–Crippen MR) is 152 cm³/mol. The van der Waals surface area contributed by atoms with Crippen molar-refractivity contribution in [2.24, 2.45) is 0 Å². The third-order valence-electron chi connectivity index (χ3n) is 5.81. The number of anilines is 1. The van der Waals surface area contributed by atoms with Crippen LogP contribution >= 0.6 is 34.8 Å². The summed E-state index contributed by atoms with van der Waals surface area (Å²) in [5, 5.41) is 3.41. The zero-order chi connectivity index (χ0) is 27.9. The molecule has 38 heavy (non-hydrogen) atoms. The molecule has 0 radical (unpaired) electrons. The number of carbonyl (C=O) groups excluding carboxylic acids is 2. The van der Waals surface area contributed by atoms with Gasteiger partial charge in [0.15, 0.2) is 0 Å². The molecule has 3 aromatic rings. The van der Waals surface area contributed by atoms with E-state index in [-0.39, 0.29) is 33.1 Å². The van der Waals surface area contributed by atoms with Crippen LogP contribution in [0.2, 0.25) is 15.1 Å². The van der Waals surface area contributed by atoms with Gasteiger partial charge in [-0.15, -0.1) is 0 Å². The third-order valence-corrected chi connectivity index (χ3v) is 8.65. The van der Waals surface area contributed by atoms with Crippen molar-refractivity contribution in [3.63, 3.8) is 0 Å². The monoisotopic (exact) mass is 595 g/mol. The normalized spacial score (nSPS) is 12.0. The Morgan fingerprint density at radius 2 is 1.55 bits per heavy atom. The molecule has 1 N–H and O–H groups in total. The largest absolute Gasteiger partial charge is 0.355 e. The van der Waals surface area contributed by atoms with Crippen LogP contribution in [0.3, 0.4) is 0 Å². The molecular formula is C27H28Cl3N3O4S. The van der Waals surface area contributed by atoms with E-state index < -0.39 is 28.5 Å². The minimum Gasteiger partial charge on any atom is -0.355 e. The van der Waals surface area contributed by atoms with Crippen molar-refractivity contribution in [2.75, 3.05) is 17.4 Å². The molecule has 2 amide bonds. The molecular weight excluding hydrogens is 569 g/mol. The molecule has 0 aliphatic heterocycles. The molecule has 0 saturated heterocycles. The molecule has 0 spiro atoms. The van der Waals surface area contributed by atoms with Gasteiger partial charge < -0.3 is 10.2 Å². The number of nitrogens with one attached hydrogen (secondary N) is 1. The molecule has 3 aromatic carbocycles. The second-order valence-corrected chi connectivity index (χ2v) is 11.4. The van der Waals surface area contributed by atoms with Crippen LogP contribution in [0, 0.1) is 0 Å². The van der Waals surface area contributed by atoms with Crippen molar-refractivity contribution in [1.82, 2.24) is 10.2 Å². The predicted octanol–water partition coefficient (Wildman–Crippen LogP) is 5.79. The molecule has 0 unspecified atom stereocenters. The zero-order valence-corrected chi connectivity index (χ0v) is 24.0. The topological polar surface area (TPSA) is 86.8 Å². The number of nitrogens with zero attached hydrogens (tertiary/aromatic N) is 2. The molecule has 0 bridgehead atoms. The number of hydrogen-bond donors (Lipinski definition) is 1. The SMILES string of the molecule is CCNC(=O)[C@@H](CC)N(Cc1ccc(Cl)cc1)C(=O)CN(c1cccc(Cl)c1Cl)S(=O)(=O)c1ccccc1. The Morgan fingerprint density at radius 1 is 0.895 bits per heavy atom. The number of amides is 2. The number of sulfonamides is 1. The highest BCUT2D eigenvalue weighted by Gasteiger charge is 2.34. The summed E-state index contributed by atoms with van der Waals surface area (Å²) in [4.78, 5) is 28.2. The van der Waals surface area contributed by atoms with Gasteiger partial charge in [0.1, 0.15) is 12.6 Å². The molecule has 0 aromatic heterocycles. The van der Waals surface area contributed by atoms with E-state index in [2.05, 4.69) is 5.32 Å². The van der Waals surface area contributed by atoms with E-state index in [0.717, 1.165) is 9.87 Å². The Hall–Kier alpha value is -2.78. The van der Waals surface area contributed by atoms with Crippen LogP contribution in [0.5, 0.6) is 0 Å². The highest BCUT2D eigenvalue weighted by molar-refractivity contribution is 7.92. The Kier molecular flexibility index (Phi) is 10.4. The number of hydrogen-bond acceptors (Lipinski definition) is 4. The molecule has 0 saturated carbocycles. The second-order valence-electron chi connectivity index (χ2n) is 8.36. The van der Waals surface area contributed by atoms with E-state index >= 15 is 0 Å². The van der Waals surface area contributed by atoms with Crippen molar-refractivity contribution in [3.8, 4) is 0 Å². The van der Waals surface area contributed by atoms with E-state index in [4.69, 9.17) is 34.8 Å². The lowest BCUT2D eigenvalue weighted by molar-refractivity contribution is -0.140. The summed E-state index contributed by atoms with van der Waals surface area (Å²) < 4.78 is 28.5. The minimum absolute atomic E-state index is 0.0125. The summed E-state index contributed by atoms with van der Waals surface area (Å²) in [5.41, 5.74) is 0.776. The van der Waals surface area contributed by atoms with Gasteiger partial charge in [-0.2, -0.15) is 0 Å². The molecule has 0 fully saturated rings. The van der Waals surface area contributed by atoms with Crippen LogP contribution in [0.15, 0.2) is 77.7 Å². The van der Waals surface area contributed by atoms with E-state index in [1.165, 1.54) is 29.2 Å². The average molecular weight is 597 g/mol. The van der Waals surface area contributed by atoms with Crippen molar-refractivity contribution < 1.29 is 18.0 Å². The quantitative estimate of drug-likeness (QED) is 0.304. The summed E-state index contributed by atoms with van der Waals surface area (Å²) in [7, 11) is -4.24. The Morgan fingerprint density at radius 3 is 2.16 bits per heavy atom. The molecule has 7 nitrogen and oxygen atoms in total. The minimum atomic E-state index is -4.24. The number of likely N-dealkylation sites (N-methyl/N-ethyl adjacent to an activating group) is 1. The zero-order valence-electron chi connectivity index (χ0n) is 20.9. The molecule has 3 rings (SSSR count). The molecule has 1 atom stereocenters. The van der Waals surface area contributed by atoms with Crippen LogP contribution in [-0.4, -0.2) is 44.3 Å². The Balaban J connectivity index is 2.09. The van der Waals surface area contributed by atoms with Gasteiger partial charge >= 0.3 is 0 Å². The van der Waals surface area contributed by atoms with Crippen LogP contribution in [0.1, 0.15) is 25.8 Å². The fourth-order valence-electron chi connectivity index (χ4n) is 3.92. The molecule has 0 aliphatic carbocycles. The number of halogens is 3. The highest BCUT2D eigenvalue weighted by Crippen LogP contribution is 2.35. The van der Waals surface area contributed by atoms with Crippen LogP contribution in [0.4, 0.5) is 5.69 Å². The van der Waals surface area contributed by atoms with Crippen LogP contribution in [-0.2, 0) is 26.2 Å². The van der Waals surface area contributed by atoms with E-state index in [9.17, 15) is 18.0 Å². The first kappa shape index (κ1) is 29.8. The standard InChI is InChI=1S/C27H28Cl3N3O4S/c1-3-23(27(35)31-4-2)32(17-19-13-15-20(28)16-14-19)25(34)18-33(24-12-8-11-22(29)26(24)30)38(36,37)21-9-6-5-7-10-21/h5-16,23H,3-4,17-18H2,1-2H3,(H,31,35)/t23-/m1/s1. The maximum Gasteiger partial charge on any atom is 0.264 e.